The van der Waals surface area contributed by atoms with Gasteiger partial charge in [-0.1, -0.05) is 60.7 Å². The van der Waals surface area contributed by atoms with Gasteiger partial charge in [-0.15, -0.1) is 0 Å². The summed E-state index contributed by atoms with van der Waals surface area (Å²) < 4.78 is 10.7. The molecule has 0 atom stereocenters. The Balaban J connectivity index is 1.32. The van der Waals surface area contributed by atoms with E-state index in [1.54, 1.807) is 0 Å². The van der Waals surface area contributed by atoms with E-state index in [0.29, 0.717) is 0 Å². The molecule has 0 unspecified atom stereocenters. The molecule has 5 aromatic heterocycles. The number of aromatic nitrogens is 4. The van der Waals surface area contributed by atoms with Gasteiger partial charge in [0.15, 0.2) is 0 Å². The minimum atomic E-state index is 0.884. The summed E-state index contributed by atoms with van der Waals surface area (Å²) in [6, 6.07) is 46.9. The van der Waals surface area contributed by atoms with Gasteiger partial charge in [0.05, 0.1) is 22.4 Å². The van der Waals surface area contributed by atoms with Crippen molar-refractivity contribution >= 4 is 65.8 Å². The van der Waals surface area contributed by atoms with E-state index in [1.165, 1.54) is 10.8 Å². The fourth-order valence-corrected chi connectivity index (χ4v) is 7.04. The molecule has 0 spiro atoms. The van der Waals surface area contributed by atoms with Crippen LogP contribution >= 0.6 is 0 Å². The Bertz CT molecular complexity index is 2540. The van der Waals surface area contributed by atoms with Crippen LogP contribution in [0.5, 0.6) is 0 Å². The average Bonchev–Trinajstić information content (AvgIpc) is 3.75. The summed E-state index contributed by atoms with van der Waals surface area (Å²) in [5.74, 6) is 0. The fourth-order valence-electron chi connectivity index (χ4n) is 7.04. The SMILES string of the molecule is c1ccc2c(c1)oc1ccc(-c3cc(-n4c5ccccc5c5cccnc54)cc(-n4c5ccccc5c5cccnc54)c3)cc12. The van der Waals surface area contributed by atoms with E-state index < -0.39 is 0 Å². The zero-order valence-corrected chi connectivity index (χ0v) is 24.1. The van der Waals surface area contributed by atoms with Gasteiger partial charge in [-0.05, 0) is 83.9 Å². The first-order valence-electron chi connectivity index (χ1n) is 15.1. The second kappa shape index (κ2) is 9.15. The Morgan fingerprint density at radius 2 is 0.933 bits per heavy atom. The quantitative estimate of drug-likeness (QED) is 0.210. The van der Waals surface area contributed by atoms with Gasteiger partial charge in [0, 0.05) is 44.7 Å². The normalized spacial score (nSPS) is 12.0. The van der Waals surface area contributed by atoms with E-state index in [9.17, 15) is 0 Å². The molecule has 5 heterocycles. The van der Waals surface area contributed by atoms with Crippen molar-refractivity contribution in [3.05, 3.63) is 146 Å². The van der Waals surface area contributed by atoms with Crippen LogP contribution in [-0.2, 0) is 0 Å². The number of benzene rings is 5. The molecule has 10 aromatic rings. The first kappa shape index (κ1) is 24.3. The number of nitrogens with zero attached hydrogens (tertiary/aromatic N) is 4. The van der Waals surface area contributed by atoms with Crippen molar-refractivity contribution in [2.75, 3.05) is 0 Å². The highest BCUT2D eigenvalue weighted by Gasteiger charge is 2.18. The highest BCUT2D eigenvalue weighted by Crippen LogP contribution is 2.38. The van der Waals surface area contributed by atoms with Gasteiger partial charge in [0.2, 0.25) is 0 Å². The average molecular weight is 577 g/mol. The largest absolute Gasteiger partial charge is 0.456 e. The summed E-state index contributed by atoms with van der Waals surface area (Å²) in [4.78, 5) is 9.78. The molecular weight excluding hydrogens is 552 g/mol. The Morgan fingerprint density at radius 1 is 0.400 bits per heavy atom. The molecule has 0 aliphatic heterocycles. The van der Waals surface area contributed by atoms with Crippen LogP contribution in [0, 0.1) is 0 Å². The summed E-state index contributed by atoms with van der Waals surface area (Å²) in [5.41, 5.74) is 10.1. The number of pyridine rings is 2. The van der Waals surface area contributed by atoms with Crippen molar-refractivity contribution in [1.82, 2.24) is 19.1 Å². The summed E-state index contributed by atoms with van der Waals surface area (Å²) >= 11 is 0. The van der Waals surface area contributed by atoms with Gasteiger partial charge in [-0.25, -0.2) is 9.97 Å². The molecule has 0 saturated heterocycles. The van der Waals surface area contributed by atoms with Gasteiger partial charge in [0.1, 0.15) is 22.5 Å². The third-order valence-corrected chi connectivity index (χ3v) is 9.00. The first-order valence-corrected chi connectivity index (χ1v) is 15.1. The first-order chi connectivity index (χ1) is 22.3. The second-order valence-electron chi connectivity index (χ2n) is 11.5. The number of para-hydroxylation sites is 3. The van der Waals surface area contributed by atoms with Crippen LogP contribution in [0.4, 0.5) is 0 Å². The molecule has 5 aromatic carbocycles. The van der Waals surface area contributed by atoms with E-state index >= 15 is 0 Å². The van der Waals surface area contributed by atoms with E-state index in [2.05, 4.69) is 118 Å². The molecule has 0 saturated carbocycles. The summed E-state index contributed by atoms with van der Waals surface area (Å²) in [6.45, 7) is 0. The number of rotatable bonds is 3. The summed E-state index contributed by atoms with van der Waals surface area (Å²) in [6.07, 6.45) is 3.74. The lowest BCUT2D eigenvalue weighted by atomic mass is 10.0. The second-order valence-corrected chi connectivity index (χ2v) is 11.5. The molecule has 0 radical (unpaired) electrons. The van der Waals surface area contributed by atoms with E-state index in [-0.39, 0.29) is 0 Å². The van der Waals surface area contributed by atoms with Crippen molar-refractivity contribution in [3.8, 4) is 22.5 Å². The van der Waals surface area contributed by atoms with Crippen LogP contribution in [0.2, 0.25) is 0 Å². The molecule has 10 rings (SSSR count). The summed E-state index contributed by atoms with van der Waals surface area (Å²) in [7, 11) is 0. The van der Waals surface area contributed by atoms with Crippen LogP contribution in [0.15, 0.2) is 150 Å². The van der Waals surface area contributed by atoms with Crippen molar-refractivity contribution in [2.45, 2.75) is 0 Å². The molecule has 0 fully saturated rings. The molecule has 0 N–H and O–H groups in total. The third kappa shape index (κ3) is 3.49. The monoisotopic (exact) mass is 576 g/mol. The Morgan fingerprint density at radius 3 is 1.58 bits per heavy atom. The van der Waals surface area contributed by atoms with E-state index in [0.717, 1.165) is 77.5 Å². The van der Waals surface area contributed by atoms with Crippen molar-refractivity contribution in [2.24, 2.45) is 0 Å². The van der Waals surface area contributed by atoms with Gasteiger partial charge in [-0.3, -0.25) is 9.13 Å². The van der Waals surface area contributed by atoms with Crippen molar-refractivity contribution < 1.29 is 4.42 Å². The minimum absolute atomic E-state index is 0.884. The van der Waals surface area contributed by atoms with E-state index in [4.69, 9.17) is 14.4 Å². The van der Waals surface area contributed by atoms with Crippen LogP contribution in [0.3, 0.4) is 0 Å². The standard InChI is InChI=1S/C40H24N4O/c1-4-14-35-29(9-1)32-12-7-19-41-39(32)43(35)27-21-26(25-17-18-38-34(23-25)31-11-3-6-16-37(31)45-38)22-28(24-27)44-36-15-5-2-10-30(36)33-13-8-20-42-40(33)44/h1-24H. The molecule has 0 amide bonds. The maximum absolute atomic E-state index is 6.18. The van der Waals surface area contributed by atoms with Crippen molar-refractivity contribution in [1.29, 1.82) is 0 Å². The maximum atomic E-state index is 6.18. The van der Waals surface area contributed by atoms with Crippen LogP contribution in [0.25, 0.3) is 88.3 Å². The zero-order valence-electron chi connectivity index (χ0n) is 24.1. The molecule has 0 bridgehead atoms. The highest BCUT2D eigenvalue weighted by atomic mass is 16.3. The minimum Gasteiger partial charge on any atom is -0.456 e. The third-order valence-electron chi connectivity index (χ3n) is 9.00. The van der Waals surface area contributed by atoms with Gasteiger partial charge in [0.25, 0.3) is 0 Å². The fraction of sp³-hybridized carbons (Fsp3) is 0. The van der Waals surface area contributed by atoms with Crippen LogP contribution in [0.1, 0.15) is 0 Å². The Hall–Kier alpha value is -6.20. The van der Waals surface area contributed by atoms with Crippen molar-refractivity contribution in [3.63, 3.8) is 0 Å². The molecule has 45 heavy (non-hydrogen) atoms. The molecule has 5 nitrogen and oxygen atoms in total. The van der Waals surface area contributed by atoms with Gasteiger partial charge >= 0.3 is 0 Å². The smallest absolute Gasteiger partial charge is 0.145 e. The van der Waals surface area contributed by atoms with Gasteiger partial charge in [-0.2, -0.15) is 0 Å². The van der Waals surface area contributed by atoms with Gasteiger partial charge < -0.3 is 4.42 Å². The number of furan rings is 1. The predicted molar refractivity (Wildman–Crippen MR) is 183 cm³/mol. The maximum Gasteiger partial charge on any atom is 0.145 e. The van der Waals surface area contributed by atoms with E-state index in [1.807, 2.05) is 36.7 Å². The topological polar surface area (TPSA) is 48.8 Å². The lowest BCUT2D eigenvalue weighted by molar-refractivity contribution is 0.669. The lowest BCUT2D eigenvalue weighted by Crippen LogP contribution is -2.01. The number of hydrogen-bond donors (Lipinski definition) is 0. The summed E-state index contributed by atoms with van der Waals surface area (Å²) in [5, 5.41) is 6.83. The molecular formula is C40H24N4O. The predicted octanol–water partition coefficient (Wildman–Crippen LogP) is 10.2. The van der Waals surface area contributed by atoms with Crippen LogP contribution in [-0.4, -0.2) is 19.1 Å². The molecule has 5 heteroatoms. The molecule has 210 valence electrons. The highest BCUT2D eigenvalue weighted by molar-refractivity contribution is 6.10. The Kier molecular flexibility index (Phi) is 4.93. The zero-order chi connectivity index (χ0) is 29.5. The number of hydrogen-bond acceptors (Lipinski definition) is 3. The number of fused-ring (bicyclic) bond motifs is 9. The van der Waals surface area contributed by atoms with Crippen LogP contribution < -0.4 is 0 Å². The Labute approximate surface area is 257 Å². The lowest BCUT2D eigenvalue weighted by Gasteiger charge is -2.15. The molecule has 0 aliphatic rings. The molecule has 0 aliphatic carbocycles.